The molecule has 0 spiro atoms. The molecule has 2 aromatic carbocycles. The summed E-state index contributed by atoms with van der Waals surface area (Å²) in [5, 5.41) is 0. The van der Waals surface area contributed by atoms with Gasteiger partial charge in [-0.3, -0.25) is 5.84 Å². The fourth-order valence-electron chi connectivity index (χ4n) is 1.95. The topological polar surface area (TPSA) is 38.0 Å². The van der Waals surface area contributed by atoms with Crippen LogP contribution in [0.25, 0.3) is 0 Å². The van der Waals surface area contributed by atoms with Crippen molar-refractivity contribution < 1.29 is 8.78 Å². The highest BCUT2D eigenvalue weighted by Gasteiger charge is 2.17. The first-order chi connectivity index (χ1) is 9.04. The molecular weight excluding hydrogens is 361 g/mol. The van der Waals surface area contributed by atoms with Gasteiger partial charge in [0.05, 0.1) is 6.04 Å². The number of halogens is 3. The molecule has 0 fully saturated rings. The first-order valence-corrected chi connectivity index (χ1v) is 6.78. The van der Waals surface area contributed by atoms with Crippen LogP contribution in [0, 0.1) is 22.1 Å². The van der Waals surface area contributed by atoms with Gasteiger partial charge in [0.15, 0.2) is 11.6 Å². The fourth-order valence-corrected chi connectivity index (χ4v) is 2.62. The van der Waals surface area contributed by atoms with Crippen LogP contribution in [0.4, 0.5) is 8.78 Å². The normalized spacial score (nSPS) is 12.5. The Kier molecular flexibility index (Phi) is 4.49. The SMILES string of the molecule is Cc1cccc(C(NN)c2ccc(F)c(F)c2)c1I. The molecule has 0 heterocycles. The van der Waals surface area contributed by atoms with E-state index in [1.165, 1.54) is 6.07 Å². The van der Waals surface area contributed by atoms with Gasteiger partial charge in [-0.2, -0.15) is 0 Å². The average molecular weight is 374 g/mol. The molecule has 0 bridgehead atoms. The molecule has 2 rings (SSSR count). The summed E-state index contributed by atoms with van der Waals surface area (Å²) < 4.78 is 27.4. The second kappa shape index (κ2) is 5.94. The van der Waals surface area contributed by atoms with Gasteiger partial charge in [-0.25, -0.2) is 14.2 Å². The van der Waals surface area contributed by atoms with Crippen molar-refractivity contribution in [2.75, 3.05) is 0 Å². The van der Waals surface area contributed by atoms with Gasteiger partial charge in [0.1, 0.15) is 0 Å². The van der Waals surface area contributed by atoms with Crippen molar-refractivity contribution in [3.8, 4) is 0 Å². The van der Waals surface area contributed by atoms with Crippen LogP contribution < -0.4 is 11.3 Å². The Morgan fingerprint density at radius 3 is 2.53 bits per heavy atom. The second-order valence-electron chi connectivity index (χ2n) is 4.25. The molecular formula is C14H13F2IN2. The maximum atomic E-state index is 13.3. The van der Waals surface area contributed by atoms with Gasteiger partial charge in [-0.05, 0) is 58.3 Å². The maximum absolute atomic E-state index is 13.3. The van der Waals surface area contributed by atoms with E-state index in [2.05, 4.69) is 28.0 Å². The van der Waals surface area contributed by atoms with E-state index >= 15 is 0 Å². The minimum absolute atomic E-state index is 0.373. The highest BCUT2D eigenvalue weighted by atomic mass is 127. The van der Waals surface area contributed by atoms with Crippen LogP contribution in [0.3, 0.4) is 0 Å². The van der Waals surface area contributed by atoms with Crippen LogP contribution in [0.2, 0.25) is 0 Å². The Balaban J connectivity index is 2.50. The molecule has 0 saturated carbocycles. The van der Waals surface area contributed by atoms with Crippen LogP contribution in [-0.4, -0.2) is 0 Å². The van der Waals surface area contributed by atoms with E-state index in [0.717, 1.165) is 26.8 Å². The number of nitrogens with one attached hydrogen (secondary N) is 1. The van der Waals surface area contributed by atoms with E-state index in [9.17, 15) is 8.78 Å². The molecule has 5 heteroatoms. The zero-order valence-corrected chi connectivity index (χ0v) is 12.4. The molecule has 0 aliphatic carbocycles. The molecule has 0 amide bonds. The van der Waals surface area contributed by atoms with Crippen LogP contribution in [0.1, 0.15) is 22.7 Å². The van der Waals surface area contributed by atoms with Gasteiger partial charge < -0.3 is 0 Å². The third kappa shape index (κ3) is 2.93. The number of benzene rings is 2. The summed E-state index contributed by atoms with van der Waals surface area (Å²) in [7, 11) is 0. The average Bonchev–Trinajstić information content (AvgIpc) is 2.39. The summed E-state index contributed by atoms with van der Waals surface area (Å²) in [6.45, 7) is 1.99. The summed E-state index contributed by atoms with van der Waals surface area (Å²) in [6, 6.07) is 9.25. The van der Waals surface area contributed by atoms with Crippen LogP contribution in [-0.2, 0) is 0 Å². The van der Waals surface area contributed by atoms with Gasteiger partial charge in [0.2, 0.25) is 0 Å². The van der Waals surface area contributed by atoms with Crippen LogP contribution >= 0.6 is 22.6 Å². The van der Waals surface area contributed by atoms with Crippen molar-refractivity contribution in [2.24, 2.45) is 5.84 Å². The van der Waals surface area contributed by atoms with E-state index < -0.39 is 11.6 Å². The maximum Gasteiger partial charge on any atom is 0.159 e. The third-order valence-corrected chi connectivity index (χ3v) is 4.45. The number of aryl methyl sites for hydroxylation is 1. The minimum Gasteiger partial charge on any atom is -0.271 e. The molecule has 0 aliphatic rings. The molecule has 0 aromatic heterocycles. The molecule has 2 aromatic rings. The predicted molar refractivity (Wildman–Crippen MR) is 79.4 cm³/mol. The summed E-state index contributed by atoms with van der Waals surface area (Å²) in [6.07, 6.45) is 0. The van der Waals surface area contributed by atoms with Gasteiger partial charge in [0.25, 0.3) is 0 Å². The van der Waals surface area contributed by atoms with E-state index in [1.807, 2.05) is 25.1 Å². The van der Waals surface area contributed by atoms with E-state index in [4.69, 9.17) is 5.84 Å². The number of hydrazine groups is 1. The number of hydrogen-bond donors (Lipinski definition) is 2. The highest BCUT2D eigenvalue weighted by molar-refractivity contribution is 14.1. The fraction of sp³-hybridized carbons (Fsp3) is 0.143. The molecule has 2 nitrogen and oxygen atoms in total. The predicted octanol–water partition coefficient (Wildman–Crippen LogP) is 3.43. The number of hydrogen-bond acceptors (Lipinski definition) is 2. The molecule has 1 unspecified atom stereocenters. The first kappa shape index (κ1) is 14.4. The Morgan fingerprint density at radius 2 is 1.89 bits per heavy atom. The highest BCUT2D eigenvalue weighted by Crippen LogP contribution is 2.28. The van der Waals surface area contributed by atoms with E-state index in [-0.39, 0.29) is 6.04 Å². The Hall–Kier alpha value is -1.05. The quantitative estimate of drug-likeness (QED) is 0.491. The van der Waals surface area contributed by atoms with Crippen LogP contribution in [0.5, 0.6) is 0 Å². The van der Waals surface area contributed by atoms with Crippen LogP contribution in [0.15, 0.2) is 36.4 Å². The Morgan fingerprint density at radius 1 is 1.16 bits per heavy atom. The standard InChI is InChI=1S/C14H13F2IN2/c1-8-3-2-4-10(13(8)17)14(19-18)9-5-6-11(15)12(16)7-9/h2-7,14,19H,18H2,1H3. The molecule has 100 valence electrons. The molecule has 0 saturated heterocycles. The molecule has 19 heavy (non-hydrogen) atoms. The molecule has 0 radical (unpaired) electrons. The summed E-state index contributed by atoms with van der Waals surface area (Å²) in [5.41, 5.74) is 5.29. The lowest BCUT2D eigenvalue weighted by Crippen LogP contribution is -2.29. The van der Waals surface area contributed by atoms with E-state index in [0.29, 0.717) is 5.56 Å². The van der Waals surface area contributed by atoms with Crippen molar-refractivity contribution >= 4 is 22.6 Å². The third-order valence-electron chi connectivity index (χ3n) is 2.98. The zero-order valence-electron chi connectivity index (χ0n) is 10.3. The summed E-state index contributed by atoms with van der Waals surface area (Å²) >= 11 is 2.22. The summed E-state index contributed by atoms with van der Waals surface area (Å²) in [4.78, 5) is 0. The lowest BCUT2D eigenvalue weighted by molar-refractivity contribution is 0.504. The number of nitrogens with two attached hydrogens (primary N) is 1. The van der Waals surface area contributed by atoms with Gasteiger partial charge in [-0.1, -0.05) is 24.3 Å². The lowest BCUT2D eigenvalue weighted by Gasteiger charge is -2.19. The molecule has 0 aliphatic heterocycles. The Bertz CT molecular complexity index is 602. The monoisotopic (exact) mass is 374 g/mol. The van der Waals surface area contributed by atoms with Crippen molar-refractivity contribution in [2.45, 2.75) is 13.0 Å². The van der Waals surface area contributed by atoms with Gasteiger partial charge >= 0.3 is 0 Å². The first-order valence-electron chi connectivity index (χ1n) is 5.70. The lowest BCUT2D eigenvalue weighted by atomic mass is 9.98. The zero-order chi connectivity index (χ0) is 14.0. The van der Waals surface area contributed by atoms with Gasteiger partial charge in [0, 0.05) is 3.57 Å². The van der Waals surface area contributed by atoms with E-state index in [1.54, 1.807) is 0 Å². The van der Waals surface area contributed by atoms with Crippen molar-refractivity contribution in [3.63, 3.8) is 0 Å². The smallest absolute Gasteiger partial charge is 0.159 e. The van der Waals surface area contributed by atoms with Crippen molar-refractivity contribution in [1.82, 2.24) is 5.43 Å². The molecule has 1 atom stereocenters. The van der Waals surface area contributed by atoms with Crippen molar-refractivity contribution in [1.29, 1.82) is 0 Å². The Labute approximate surface area is 124 Å². The van der Waals surface area contributed by atoms with Gasteiger partial charge in [-0.15, -0.1) is 0 Å². The largest absolute Gasteiger partial charge is 0.271 e. The second-order valence-corrected chi connectivity index (χ2v) is 5.33. The minimum atomic E-state index is -0.875. The summed E-state index contributed by atoms with van der Waals surface area (Å²) in [5.74, 6) is 3.84. The number of rotatable bonds is 3. The molecule has 3 N–H and O–H groups in total. The van der Waals surface area contributed by atoms with Crippen molar-refractivity contribution in [3.05, 3.63) is 68.3 Å².